The van der Waals surface area contributed by atoms with Gasteiger partial charge >= 0.3 is 5.97 Å². The molecule has 0 saturated carbocycles. The summed E-state index contributed by atoms with van der Waals surface area (Å²) in [6.07, 6.45) is 0. The molecule has 0 aromatic heterocycles. The minimum absolute atomic E-state index is 0.0611. The van der Waals surface area contributed by atoms with Crippen LogP contribution < -0.4 is 10.1 Å². The number of phenolic OH excluding ortho intramolecular Hbond substituents is 1. The third kappa shape index (κ3) is 2.32. The molecule has 0 bridgehead atoms. The lowest BCUT2D eigenvalue weighted by molar-refractivity contribution is -0.138. The standard InChI is InChI=1S/C11H13NO4S/c1-16-8-4-2-3-6(9(8)13)10-12-7(5-17-10)11(14)15/h2-4,7,10,12-13H,5H2,1H3,(H,14,15)/t7-,10-/m0/s1. The molecule has 0 spiro atoms. The molecule has 1 aromatic rings. The van der Waals surface area contributed by atoms with Crippen LogP contribution in [0.1, 0.15) is 10.9 Å². The number of phenols is 1. The third-order valence-electron chi connectivity index (χ3n) is 2.61. The van der Waals surface area contributed by atoms with Crippen molar-refractivity contribution in [2.75, 3.05) is 12.9 Å². The molecule has 0 radical (unpaired) electrons. The molecule has 0 amide bonds. The Balaban J connectivity index is 2.22. The summed E-state index contributed by atoms with van der Waals surface area (Å²) in [5.74, 6) is 0.0634. The van der Waals surface area contributed by atoms with Gasteiger partial charge in [0.15, 0.2) is 11.5 Å². The summed E-state index contributed by atoms with van der Waals surface area (Å²) in [7, 11) is 1.48. The van der Waals surface area contributed by atoms with E-state index in [4.69, 9.17) is 9.84 Å². The minimum atomic E-state index is -0.873. The van der Waals surface area contributed by atoms with Crippen molar-refractivity contribution in [3.05, 3.63) is 23.8 Å². The molecule has 17 heavy (non-hydrogen) atoms. The minimum Gasteiger partial charge on any atom is -0.504 e. The smallest absolute Gasteiger partial charge is 0.321 e. The number of carboxylic acids is 1. The van der Waals surface area contributed by atoms with Gasteiger partial charge in [-0.25, -0.2) is 0 Å². The highest BCUT2D eigenvalue weighted by molar-refractivity contribution is 7.99. The number of aliphatic carboxylic acids is 1. The largest absolute Gasteiger partial charge is 0.504 e. The molecule has 1 heterocycles. The lowest BCUT2D eigenvalue weighted by Crippen LogP contribution is -2.33. The number of rotatable bonds is 3. The van der Waals surface area contributed by atoms with Gasteiger partial charge in [-0.2, -0.15) is 0 Å². The van der Waals surface area contributed by atoms with Crippen LogP contribution in [0.5, 0.6) is 11.5 Å². The third-order valence-corrected chi connectivity index (χ3v) is 3.86. The van der Waals surface area contributed by atoms with E-state index in [1.165, 1.54) is 18.9 Å². The zero-order valence-electron chi connectivity index (χ0n) is 9.21. The first-order valence-electron chi connectivity index (χ1n) is 5.10. The zero-order chi connectivity index (χ0) is 12.4. The zero-order valence-corrected chi connectivity index (χ0v) is 10.0. The Hall–Kier alpha value is -1.40. The van der Waals surface area contributed by atoms with Gasteiger partial charge in [0.2, 0.25) is 0 Å². The normalized spacial score (nSPS) is 23.6. The van der Waals surface area contributed by atoms with Crippen LogP contribution >= 0.6 is 11.8 Å². The molecule has 1 aliphatic heterocycles. The molecular weight excluding hydrogens is 242 g/mol. The highest BCUT2D eigenvalue weighted by Crippen LogP contribution is 2.41. The van der Waals surface area contributed by atoms with Gasteiger partial charge in [0, 0.05) is 11.3 Å². The van der Waals surface area contributed by atoms with E-state index in [9.17, 15) is 9.90 Å². The molecule has 0 unspecified atom stereocenters. The van der Waals surface area contributed by atoms with Crippen molar-refractivity contribution in [1.29, 1.82) is 0 Å². The summed E-state index contributed by atoms with van der Waals surface area (Å²) in [6, 6.07) is 4.61. The maximum atomic E-state index is 10.8. The summed E-state index contributed by atoms with van der Waals surface area (Å²) < 4.78 is 5.02. The van der Waals surface area contributed by atoms with Crippen molar-refractivity contribution in [3.8, 4) is 11.5 Å². The van der Waals surface area contributed by atoms with Gasteiger partial charge in [-0.3, -0.25) is 10.1 Å². The number of methoxy groups -OCH3 is 1. The molecule has 0 aliphatic carbocycles. The fourth-order valence-electron chi connectivity index (χ4n) is 1.71. The first-order chi connectivity index (χ1) is 8.13. The quantitative estimate of drug-likeness (QED) is 0.753. The first-order valence-corrected chi connectivity index (χ1v) is 6.14. The van der Waals surface area contributed by atoms with Crippen LogP contribution in [0.15, 0.2) is 18.2 Å². The maximum Gasteiger partial charge on any atom is 0.321 e. The van der Waals surface area contributed by atoms with E-state index in [2.05, 4.69) is 5.32 Å². The lowest BCUT2D eigenvalue weighted by Gasteiger charge is -2.14. The summed E-state index contributed by atoms with van der Waals surface area (Å²) in [5.41, 5.74) is 0.651. The monoisotopic (exact) mass is 255 g/mol. The van der Waals surface area contributed by atoms with Crippen molar-refractivity contribution in [2.24, 2.45) is 0 Å². The SMILES string of the molecule is COc1cccc([C@H]2N[C@H](C(=O)O)CS2)c1O. The van der Waals surface area contributed by atoms with E-state index < -0.39 is 12.0 Å². The molecule has 92 valence electrons. The van der Waals surface area contributed by atoms with Crippen LogP contribution in [-0.2, 0) is 4.79 Å². The number of carboxylic acid groups (broad SMARTS) is 1. The second-order valence-electron chi connectivity index (χ2n) is 3.67. The topological polar surface area (TPSA) is 78.8 Å². The van der Waals surface area contributed by atoms with Crippen LogP contribution in [0, 0.1) is 0 Å². The molecule has 5 nitrogen and oxygen atoms in total. The number of hydrogen-bond acceptors (Lipinski definition) is 5. The van der Waals surface area contributed by atoms with Crippen molar-refractivity contribution in [3.63, 3.8) is 0 Å². The summed E-state index contributed by atoms with van der Waals surface area (Å²) >= 11 is 1.46. The Morgan fingerprint density at radius 3 is 2.94 bits per heavy atom. The van der Waals surface area contributed by atoms with E-state index >= 15 is 0 Å². The Labute approximate surface area is 103 Å². The van der Waals surface area contributed by atoms with Crippen molar-refractivity contribution in [1.82, 2.24) is 5.32 Å². The molecule has 1 saturated heterocycles. The number of ether oxygens (including phenoxy) is 1. The Morgan fingerprint density at radius 2 is 2.35 bits per heavy atom. The fourth-order valence-corrected chi connectivity index (χ4v) is 2.96. The Kier molecular flexibility index (Phi) is 3.44. The molecule has 1 aliphatic rings. The fraction of sp³-hybridized carbons (Fsp3) is 0.364. The molecule has 3 N–H and O–H groups in total. The number of benzene rings is 1. The number of hydrogen-bond donors (Lipinski definition) is 3. The number of thioether (sulfide) groups is 1. The molecule has 2 atom stereocenters. The van der Waals surface area contributed by atoms with E-state index in [1.807, 2.05) is 0 Å². The highest BCUT2D eigenvalue weighted by atomic mass is 32.2. The van der Waals surface area contributed by atoms with Crippen LogP contribution in [0.3, 0.4) is 0 Å². The highest BCUT2D eigenvalue weighted by Gasteiger charge is 2.32. The number of nitrogens with one attached hydrogen (secondary N) is 1. The van der Waals surface area contributed by atoms with E-state index in [0.29, 0.717) is 17.1 Å². The molecule has 2 rings (SSSR count). The second-order valence-corrected chi connectivity index (χ2v) is 4.81. The molecular formula is C11H13NO4S. The lowest BCUT2D eigenvalue weighted by atomic mass is 10.1. The average molecular weight is 255 g/mol. The number of para-hydroxylation sites is 1. The van der Waals surface area contributed by atoms with Gasteiger partial charge in [0.1, 0.15) is 6.04 Å². The van der Waals surface area contributed by atoms with Crippen molar-refractivity contribution >= 4 is 17.7 Å². The van der Waals surface area contributed by atoms with Crippen LogP contribution in [-0.4, -0.2) is 35.1 Å². The van der Waals surface area contributed by atoms with Gasteiger partial charge in [-0.1, -0.05) is 12.1 Å². The predicted octanol–water partition coefficient (Wildman–Crippen LogP) is 1.19. The predicted molar refractivity (Wildman–Crippen MR) is 64.4 cm³/mol. The second kappa shape index (κ2) is 4.85. The average Bonchev–Trinajstić information content (AvgIpc) is 2.78. The van der Waals surface area contributed by atoms with Gasteiger partial charge in [0.05, 0.1) is 12.5 Å². The first kappa shape index (κ1) is 12.1. The van der Waals surface area contributed by atoms with Crippen molar-refractivity contribution < 1.29 is 19.7 Å². The van der Waals surface area contributed by atoms with Crippen molar-refractivity contribution in [2.45, 2.75) is 11.4 Å². The molecule has 1 fully saturated rings. The van der Waals surface area contributed by atoms with Gasteiger partial charge < -0.3 is 14.9 Å². The summed E-state index contributed by atoms with van der Waals surface area (Å²) in [4.78, 5) is 10.8. The number of aromatic hydroxyl groups is 1. The Morgan fingerprint density at radius 1 is 1.59 bits per heavy atom. The van der Waals surface area contributed by atoms with Crippen LogP contribution in [0.25, 0.3) is 0 Å². The summed E-state index contributed by atoms with van der Waals surface area (Å²) in [6.45, 7) is 0. The summed E-state index contributed by atoms with van der Waals surface area (Å²) in [5, 5.41) is 21.6. The number of carbonyl (C=O) groups is 1. The van der Waals surface area contributed by atoms with E-state index in [0.717, 1.165) is 0 Å². The van der Waals surface area contributed by atoms with Crippen LogP contribution in [0.2, 0.25) is 0 Å². The van der Waals surface area contributed by atoms with E-state index in [-0.39, 0.29) is 11.1 Å². The van der Waals surface area contributed by atoms with Gasteiger partial charge in [-0.05, 0) is 6.07 Å². The Bertz CT molecular complexity index is 437. The van der Waals surface area contributed by atoms with Gasteiger partial charge in [0.25, 0.3) is 0 Å². The maximum absolute atomic E-state index is 10.8. The van der Waals surface area contributed by atoms with Gasteiger partial charge in [-0.15, -0.1) is 11.8 Å². The van der Waals surface area contributed by atoms with Crippen LogP contribution in [0.4, 0.5) is 0 Å². The molecule has 6 heteroatoms. The molecule has 1 aromatic carbocycles. The van der Waals surface area contributed by atoms with E-state index in [1.54, 1.807) is 18.2 Å².